The molecule has 0 saturated carbocycles. The van der Waals surface area contributed by atoms with Gasteiger partial charge in [0.15, 0.2) is 5.78 Å². The van der Waals surface area contributed by atoms with Crippen LogP contribution in [0.1, 0.15) is 19.3 Å². The van der Waals surface area contributed by atoms with Gasteiger partial charge in [-0.1, -0.05) is 0 Å². The van der Waals surface area contributed by atoms with Crippen molar-refractivity contribution in [2.24, 2.45) is 0 Å². The zero-order chi connectivity index (χ0) is 12.0. The first kappa shape index (κ1) is 10.6. The molecule has 0 bridgehead atoms. The summed E-state index contributed by atoms with van der Waals surface area (Å²) in [7, 11) is -1.20. The molecule has 1 aliphatic heterocycles. The number of fused-ring (bicyclic) bond motifs is 1. The lowest BCUT2D eigenvalue weighted by molar-refractivity contribution is -0.116. The Morgan fingerprint density at radius 1 is 1.41 bits per heavy atom. The predicted molar refractivity (Wildman–Crippen MR) is 61.9 cm³/mol. The quantitative estimate of drug-likeness (QED) is 0.785. The monoisotopic (exact) mass is 252 g/mol. The highest BCUT2D eigenvalue weighted by Gasteiger charge is 2.27. The number of rotatable bonds is 1. The summed E-state index contributed by atoms with van der Waals surface area (Å²) >= 11 is 0. The molecule has 2 heterocycles. The maximum Gasteiger partial charge on any atom is 0.240 e. The SMILES string of the molecule is CS(=O)c1nc2n(n1)CC1=C(N2)C(=O)CCC1. The summed E-state index contributed by atoms with van der Waals surface area (Å²) < 4.78 is 13.0. The van der Waals surface area contributed by atoms with Crippen LogP contribution in [0.2, 0.25) is 0 Å². The Labute approximate surface area is 101 Å². The number of Topliss-reactive ketones (excluding diaryl/α,β-unsaturated/α-hetero) is 1. The molecule has 3 rings (SSSR count). The molecule has 0 aromatic carbocycles. The van der Waals surface area contributed by atoms with Crippen molar-refractivity contribution in [3.63, 3.8) is 0 Å². The summed E-state index contributed by atoms with van der Waals surface area (Å²) in [6, 6.07) is 0. The smallest absolute Gasteiger partial charge is 0.240 e. The summed E-state index contributed by atoms with van der Waals surface area (Å²) in [6.45, 7) is 0.577. The fourth-order valence-electron chi connectivity index (χ4n) is 2.16. The highest BCUT2D eigenvalue weighted by atomic mass is 32.2. The lowest BCUT2D eigenvalue weighted by atomic mass is 9.94. The number of nitrogens with one attached hydrogen (secondary N) is 1. The molecule has 0 fully saturated rings. The number of hydrogen-bond donors (Lipinski definition) is 1. The van der Waals surface area contributed by atoms with Gasteiger partial charge in [-0.25, -0.2) is 4.68 Å². The van der Waals surface area contributed by atoms with E-state index in [1.165, 1.54) is 0 Å². The van der Waals surface area contributed by atoms with E-state index in [1.807, 2.05) is 0 Å². The molecule has 1 aromatic rings. The summed E-state index contributed by atoms with van der Waals surface area (Å²) in [6.07, 6.45) is 3.94. The molecule has 6 nitrogen and oxygen atoms in total. The number of nitrogens with zero attached hydrogens (tertiary/aromatic N) is 3. The second kappa shape index (κ2) is 3.76. The summed E-state index contributed by atoms with van der Waals surface area (Å²) in [5.41, 5.74) is 1.75. The molecule has 1 aromatic heterocycles. The number of carbonyl (C=O) groups is 1. The number of carbonyl (C=O) groups excluding carboxylic acids is 1. The molecule has 1 aliphatic carbocycles. The minimum atomic E-state index is -1.20. The molecule has 0 spiro atoms. The second-order valence-electron chi connectivity index (χ2n) is 4.21. The van der Waals surface area contributed by atoms with Gasteiger partial charge in [-0.2, -0.15) is 4.98 Å². The van der Waals surface area contributed by atoms with E-state index in [0.717, 1.165) is 18.4 Å². The Bertz CT molecular complexity index is 561. The molecule has 7 heteroatoms. The van der Waals surface area contributed by atoms with E-state index < -0.39 is 10.8 Å². The Hall–Kier alpha value is -1.50. The van der Waals surface area contributed by atoms with Gasteiger partial charge in [0.05, 0.1) is 23.0 Å². The third-order valence-electron chi connectivity index (χ3n) is 3.00. The molecule has 1 N–H and O–H groups in total. The van der Waals surface area contributed by atoms with E-state index in [-0.39, 0.29) is 5.78 Å². The molecular formula is C10H12N4O2S. The highest BCUT2D eigenvalue weighted by molar-refractivity contribution is 7.84. The van der Waals surface area contributed by atoms with Crippen molar-refractivity contribution in [1.29, 1.82) is 0 Å². The van der Waals surface area contributed by atoms with Gasteiger partial charge in [-0.05, 0) is 18.4 Å². The van der Waals surface area contributed by atoms with Crippen LogP contribution in [-0.4, -0.2) is 31.0 Å². The van der Waals surface area contributed by atoms with Gasteiger partial charge in [0, 0.05) is 12.7 Å². The standard InChI is InChI=1S/C10H12N4O2S/c1-17(16)10-12-9-11-8-6(5-14(9)13-10)3-2-4-7(8)15/h2-5H2,1H3,(H,11,12,13). The van der Waals surface area contributed by atoms with E-state index in [0.29, 0.717) is 29.8 Å². The average molecular weight is 252 g/mol. The van der Waals surface area contributed by atoms with Crippen LogP contribution in [0, 0.1) is 0 Å². The number of anilines is 1. The first-order chi connectivity index (χ1) is 8.15. The third-order valence-corrected chi connectivity index (χ3v) is 3.69. The largest absolute Gasteiger partial charge is 0.321 e. The maximum absolute atomic E-state index is 11.7. The van der Waals surface area contributed by atoms with Gasteiger partial charge in [-0.15, -0.1) is 5.10 Å². The van der Waals surface area contributed by atoms with Crippen LogP contribution in [0.3, 0.4) is 0 Å². The Morgan fingerprint density at radius 2 is 2.24 bits per heavy atom. The summed E-state index contributed by atoms with van der Waals surface area (Å²) in [5.74, 6) is 0.656. The van der Waals surface area contributed by atoms with Crippen molar-refractivity contribution in [3.05, 3.63) is 11.3 Å². The third kappa shape index (κ3) is 1.70. The van der Waals surface area contributed by atoms with E-state index >= 15 is 0 Å². The van der Waals surface area contributed by atoms with Gasteiger partial charge in [0.25, 0.3) is 0 Å². The topological polar surface area (TPSA) is 76.9 Å². The number of allylic oxidation sites excluding steroid dienone is 2. The van der Waals surface area contributed by atoms with Gasteiger partial charge in [0.1, 0.15) is 0 Å². The van der Waals surface area contributed by atoms with Crippen LogP contribution in [-0.2, 0) is 22.1 Å². The Balaban J connectivity index is 1.99. The Kier molecular flexibility index (Phi) is 2.36. The number of ketones is 1. The van der Waals surface area contributed by atoms with Crippen molar-refractivity contribution in [2.75, 3.05) is 11.6 Å². The van der Waals surface area contributed by atoms with Crippen molar-refractivity contribution in [1.82, 2.24) is 14.8 Å². The van der Waals surface area contributed by atoms with Crippen LogP contribution >= 0.6 is 0 Å². The summed E-state index contributed by atoms with van der Waals surface area (Å²) in [4.78, 5) is 15.9. The van der Waals surface area contributed by atoms with E-state index in [1.54, 1.807) is 10.9 Å². The van der Waals surface area contributed by atoms with Crippen LogP contribution in [0.5, 0.6) is 0 Å². The molecule has 1 atom stereocenters. The van der Waals surface area contributed by atoms with E-state index in [2.05, 4.69) is 15.4 Å². The van der Waals surface area contributed by atoms with Crippen LogP contribution in [0.15, 0.2) is 16.4 Å². The van der Waals surface area contributed by atoms with Crippen molar-refractivity contribution < 1.29 is 9.00 Å². The van der Waals surface area contributed by atoms with E-state index in [9.17, 15) is 9.00 Å². The highest BCUT2D eigenvalue weighted by Crippen LogP contribution is 2.28. The average Bonchev–Trinajstić information content (AvgIpc) is 2.70. The molecule has 90 valence electrons. The minimum absolute atomic E-state index is 0.139. The van der Waals surface area contributed by atoms with Crippen molar-refractivity contribution >= 4 is 22.5 Å². The molecule has 1 unspecified atom stereocenters. The molecule has 2 aliphatic rings. The minimum Gasteiger partial charge on any atom is -0.321 e. The second-order valence-corrected chi connectivity index (χ2v) is 5.48. The molecule has 0 saturated heterocycles. The summed E-state index contributed by atoms with van der Waals surface area (Å²) in [5, 5.41) is 7.48. The van der Waals surface area contributed by atoms with Gasteiger partial charge in [-0.3, -0.25) is 9.00 Å². The molecular weight excluding hydrogens is 240 g/mol. The van der Waals surface area contributed by atoms with Crippen molar-refractivity contribution in [3.8, 4) is 0 Å². The van der Waals surface area contributed by atoms with Crippen LogP contribution in [0.25, 0.3) is 0 Å². The van der Waals surface area contributed by atoms with Crippen LogP contribution in [0.4, 0.5) is 5.95 Å². The van der Waals surface area contributed by atoms with Gasteiger partial charge >= 0.3 is 0 Å². The predicted octanol–water partition coefficient (Wildman–Crippen LogP) is 0.448. The van der Waals surface area contributed by atoms with Crippen molar-refractivity contribution in [2.45, 2.75) is 31.0 Å². The normalized spacial score (nSPS) is 20.6. The fourth-order valence-corrected chi connectivity index (χ4v) is 2.59. The zero-order valence-corrected chi connectivity index (χ0v) is 10.2. The number of hydrogen-bond acceptors (Lipinski definition) is 5. The molecule has 0 amide bonds. The molecule has 17 heavy (non-hydrogen) atoms. The van der Waals surface area contributed by atoms with E-state index in [4.69, 9.17) is 0 Å². The first-order valence-electron chi connectivity index (χ1n) is 5.45. The molecule has 0 radical (unpaired) electrons. The zero-order valence-electron chi connectivity index (χ0n) is 9.39. The first-order valence-corrected chi connectivity index (χ1v) is 7.01. The fraction of sp³-hybridized carbons (Fsp3) is 0.500. The lowest BCUT2D eigenvalue weighted by Gasteiger charge is -2.24. The number of aromatic nitrogens is 3. The Morgan fingerprint density at radius 3 is 3.00 bits per heavy atom. The van der Waals surface area contributed by atoms with Gasteiger partial charge in [0.2, 0.25) is 11.1 Å². The van der Waals surface area contributed by atoms with Crippen LogP contribution < -0.4 is 5.32 Å². The maximum atomic E-state index is 11.7. The lowest BCUT2D eigenvalue weighted by Crippen LogP contribution is -2.26. The van der Waals surface area contributed by atoms with Gasteiger partial charge < -0.3 is 5.32 Å².